The summed E-state index contributed by atoms with van der Waals surface area (Å²) < 4.78 is 0. The largest absolute Gasteiger partial charge is 0.465 e. The Morgan fingerprint density at radius 2 is 2.07 bits per heavy atom. The zero-order valence-corrected chi connectivity index (χ0v) is 8.19. The van der Waals surface area contributed by atoms with E-state index in [4.69, 9.17) is 10.8 Å². The van der Waals surface area contributed by atoms with Crippen molar-refractivity contribution >= 4 is 11.9 Å². The lowest BCUT2D eigenvalue weighted by atomic mass is 9.80. The third-order valence-corrected chi connectivity index (χ3v) is 2.75. The molecule has 4 N–H and O–H groups in total. The Morgan fingerprint density at radius 1 is 1.43 bits per heavy atom. The molecule has 0 bridgehead atoms. The van der Waals surface area contributed by atoms with Gasteiger partial charge in [-0.1, -0.05) is 0 Å². The third-order valence-electron chi connectivity index (χ3n) is 2.75. The van der Waals surface area contributed by atoms with E-state index in [2.05, 4.69) is 5.32 Å². The summed E-state index contributed by atoms with van der Waals surface area (Å²) in [5, 5.41) is 10.9. The van der Waals surface area contributed by atoms with Gasteiger partial charge in [-0.15, -0.1) is 0 Å². The molecule has 0 radical (unpaired) electrons. The fourth-order valence-electron chi connectivity index (χ4n) is 1.97. The normalized spacial score (nSPS) is 32.3. The molecular weight excluding hydrogens is 184 g/mol. The number of carbonyl (C=O) groups is 2. The van der Waals surface area contributed by atoms with Crippen LogP contribution in [-0.2, 0) is 4.79 Å². The average Bonchev–Trinajstić information content (AvgIpc) is 2.07. The molecule has 3 atom stereocenters. The summed E-state index contributed by atoms with van der Waals surface area (Å²) in [6.07, 6.45) is 0.919. The Bertz CT molecular complexity index is 242. The standard InChI is InChI=1S/C9H16N2O3/c1-5(12)7-4-6(11-9(13)14)2-3-8(7)10/h6-8,11H,2-4,10H2,1H3,(H,13,14)/t6-,7+,8+/m1/s1. The minimum absolute atomic E-state index is 0.0504. The van der Waals surface area contributed by atoms with Crippen molar-refractivity contribution in [1.82, 2.24) is 5.32 Å². The van der Waals surface area contributed by atoms with Crippen LogP contribution in [0.2, 0.25) is 0 Å². The molecular formula is C9H16N2O3. The van der Waals surface area contributed by atoms with Gasteiger partial charge in [-0.3, -0.25) is 4.79 Å². The molecule has 0 unspecified atom stereocenters. The number of nitrogens with two attached hydrogens (primary N) is 1. The monoisotopic (exact) mass is 200 g/mol. The number of ketones is 1. The number of amides is 1. The molecule has 1 rings (SSSR count). The van der Waals surface area contributed by atoms with Gasteiger partial charge in [0.25, 0.3) is 0 Å². The second kappa shape index (κ2) is 4.41. The molecule has 0 aliphatic heterocycles. The van der Waals surface area contributed by atoms with Crippen molar-refractivity contribution in [2.45, 2.75) is 38.3 Å². The van der Waals surface area contributed by atoms with Crippen molar-refractivity contribution in [3.05, 3.63) is 0 Å². The summed E-state index contributed by atoms with van der Waals surface area (Å²) in [4.78, 5) is 21.6. The van der Waals surface area contributed by atoms with Crippen molar-refractivity contribution in [2.75, 3.05) is 0 Å². The van der Waals surface area contributed by atoms with E-state index in [0.29, 0.717) is 12.8 Å². The highest BCUT2D eigenvalue weighted by Crippen LogP contribution is 2.24. The Labute approximate surface area is 82.7 Å². The van der Waals surface area contributed by atoms with Gasteiger partial charge in [0.15, 0.2) is 0 Å². The molecule has 1 fully saturated rings. The molecule has 0 saturated heterocycles. The van der Waals surface area contributed by atoms with Crippen molar-refractivity contribution in [2.24, 2.45) is 11.7 Å². The van der Waals surface area contributed by atoms with Gasteiger partial charge in [-0.2, -0.15) is 0 Å². The molecule has 14 heavy (non-hydrogen) atoms. The van der Waals surface area contributed by atoms with Crippen molar-refractivity contribution < 1.29 is 14.7 Å². The molecule has 1 aliphatic carbocycles. The molecule has 0 spiro atoms. The van der Waals surface area contributed by atoms with Crippen molar-refractivity contribution in [3.63, 3.8) is 0 Å². The minimum Gasteiger partial charge on any atom is -0.465 e. The summed E-state index contributed by atoms with van der Waals surface area (Å²) in [6.45, 7) is 1.51. The Balaban J connectivity index is 2.53. The van der Waals surface area contributed by atoms with Crippen LogP contribution < -0.4 is 11.1 Å². The number of Topliss-reactive ketones (excluding diaryl/α,β-unsaturated/α-hetero) is 1. The number of carboxylic acid groups (broad SMARTS) is 1. The second-order valence-electron chi connectivity index (χ2n) is 3.84. The van der Waals surface area contributed by atoms with E-state index in [1.807, 2.05) is 0 Å². The van der Waals surface area contributed by atoms with Crippen LogP contribution in [0.1, 0.15) is 26.2 Å². The van der Waals surface area contributed by atoms with Crippen LogP contribution in [0, 0.1) is 5.92 Å². The Morgan fingerprint density at radius 3 is 2.57 bits per heavy atom. The molecule has 0 aromatic heterocycles. The van der Waals surface area contributed by atoms with E-state index < -0.39 is 6.09 Å². The van der Waals surface area contributed by atoms with Crippen LogP contribution in [0.3, 0.4) is 0 Å². The number of hydrogen-bond donors (Lipinski definition) is 3. The number of rotatable bonds is 2. The van der Waals surface area contributed by atoms with Gasteiger partial charge in [0, 0.05) is 18.0 Å². The highest BCUT2D eigenvalue weighted by atomic mass is 16.4. The van der Waals surface area contributed by atoms with E-state index in [0.717, 1.165) is 6.42 Å². The van der Waals surface area contributed by atoms with E-state index >= 15 is 0 Å². The van der Waals surface area contributed by atoms with Crippen LogP contribution in [0.4, 0.5) is 4.79 Å². The maximum absolute atomic E-state index is 11.2. The lowest BCUT2D eigenvalue weighted by Gasteiger charge is -2.32. The van der Waals surface area contributed by atoms with Crippen molar-refractivity contribution in [3.8, 4) is 0 Å². The van der Waals surface area contributed by atoms with E-state index in [-0.39, 0.29) is 23.8 Å². The van der Waals surface area contributed by atoms with Gasteiger partial charge in [0.05, 0.1) is 0 Å². The summed E-state index contributed by atoms with van der Waals surface area (Å²) in [6, 6.07) is -0.236. The molecule has 80 valence electrons. The maximum Gasteiger partial charge on any atom is 0.404 e. The van der Waals surface area contributed by atoms with Crippen LogP contribution in [0.5, 0.6) is 0 Å². The Hall–Kier alpha value is -1.10. The summed E-state index contributed by atoms with van der Waals surface area (Å²) in [7, 11) is 0. The zero-order chi connectivity index (χ0) is 10.7. The molecule has 0 aromatic carbocycles. The van der Waals surface area contributed by atoms with Crippen LogP contribution in [0.25, 0.3) is 0 Å². The van der Waals surface area contributed by atoms with Gasteiger partial charge in [0.1, 0.15) is 5.78 Å². The lowest BCUT2D eigenvalue weighted by molar-refractivity contribution is -0.122. The fourth-order valence-corrected chi connectivity index (χ4v) is 1.97. The predicted octanol–water partition coefficient (Wildman–Crippen LogP) is 0.339. The maximum atomic E-state index is 11.2. The molecule has 1 aliphatic rings. The van der Waals surface area contributed by atoms with Gasteiger partial charge in [-0.05, 0) is 26.2 Å². The van der Waals surface area contributed by atoms with Gasteiger partial charge < -0.3 is 16.2 Å². The second-order valence-corrected chi connectivity index (χ2v) is 3.84. The first-order valence-corrected chi connectivity index (χ1v) is 4.76. The van der Waals surface area contributed by atoms with Crippen LogP contribution in [-0.4, -0.2) is 29.1 Å². The highest BCUT2D eigenvalue weighted by molar-refractivity contribution is 5.79. The van der Waals surface area contributed by atoms with Crippen LogP contribution >= 0.6 is 0 Å². The molecule has 5 heteroatoms. The first-order valence-electron chi connectivity index (χ1n) is 4.76. The molecule has 1 amide bonds. The quantitative estimate of drug-likeness (QED) is 0.599. The Kier molecular flexibility index (Phi) is 3.46. The number of nitrogens with one attached hydrogen (secondary N) is 1. The van der Waals surface area contributed by atoms with Gasteiger partial charge in [0.2, 0.25) is 0 Å². The van der Waals surface area contributed by atoms with Gasteiger partial charge >= 0.3 is 6.09 Å². The summed E-state index contributed by atoms with van der Waals surface area (Å²) in [5.74, 6) is -0.144. The SMILES string of the molecule is CC(=O)[C@@H]1C[C@H](NC(=O)O)CC[C@@H]1N. The van der Waals surface area contributed by atoms with E-state index in [1.165, 1.54) is 6.92 Å². The lowest BCUT2D eigenvalue weighted by Crippen LogP contribution is -2.47. The van der Waals surface area contributed by atoms with Crippen LogP contribution in [0.15, 0.2) is 0 Å². The number of carbonyl (C=O) groups excluding carboxylic acids is 1. The molecule has 0 aromatic rings. The minimum atomic E-state index is -1.03. The fraction of sp³-hybridized carbons (Fsp3) is 0.778. The van der Waals surface area contributed by atoms with E-state index in [9.17, 15) is 9.59 Å². The third kappa shape index (κ3) is 2.70. The molecule has 5 nitrogen and oxygen atoms in total. The summed E-state index contributed by atoms with van der Waals surface area (Å²) in [5.41, 5.74) is 5.78. The highest BCUT2D eigenvalue weighted by Gasteiger charge is 2.31. The predicted molar refractivity (Wildman–Crippen MR) is 50.9 cm³/mol. The molecule has 1 saturated carbocycles. The number of hydrogen-bond acceptors (Lipinski definition) is 3. The van der Waals surface area contributed by atoms with Gasteiger partial charge in [-0.25, -0.2) is 4.79 Å². The first kappa shape index (κ1) is 11.0. The summed E-state index contributed by atoms with van der Waals surface area (Å²) >= 11 is 0. The zero-order valence-electron chi connectivity index (χ0n) is 8.19. The van der Waals surface area contributed by atoms with Crippen molar-refractivity contribution in [1.29, 1.82) is 0 Å². The average molecular weight is 200 g/mol. The smallest absolute Gasteiger partial charge is 0.404 e. The molecule has 0 heterocycles. The first-order chi connectivity index (χ1) is 6.50. The topological polar surface area (TPSA) is 92.4 Å². The van der Waals surface area contributed by atoms with E-state index in [1.54, 1.807) is 0 Å².